The second-order valence-corrected chi connectivity index (χ2v) is 6.88. The van der Waals surface area contributed by atoms with Crippen molar-refractivity contribution in [2.45, 2.75) is 39.2 Å². The van der Waals surface area contributed by atoms with Crippen LogP contribution in [-0.2, 0) is 6.42 Å². The van der Waals surface area contributed by atoms with Crippen molar-refractivity contribution in [3.63, 3.8) is 0 Å². The molecule has 0 spiro atoms. The van der Waals surface area contributed by atoms with Crippen molar-refractivity contribution in [1.29, 1.82) is 0 Å². The summed E-state index contributed by atoms with van der Waals surface area (Å²) in [6.07, 6.45) is 3.19. The summed E-state index contributed by atoms with van der Waals surface area (Å²) in [4.78, 5) is 14.3. The Labute approximate surface area is 134 Å². The number of hydrogen-bond acceptors (Lipinski definition) is 4. The van der Waals surface area contributed by atoms with Crippen LogP contribution in [0.3, 0.4) is 0 Å². The molecule has 1 amide bonds. The third-order valence-electron chi connectivity index (χ3n) is 4.20. The lowest BCUT2D eigenvalue weighted by Gasteiger charge is -2.06. The van der Waals surface area contributed by atoms with Crippen molar-refractivity contribution in [2.24, 2.45) is 0 Å². The number of aromatic nitrogens is 2. The van der Waals surface area contributed by atoms with Gasteiger partial charge in [-0.05, 0) is 57.4 Å². The molecule has 1 atom stereocenters. The first-order valence-corrected chi connectivity index (χ1v) is 8.58. The van der Waals surface area contributed by atoms with Gasteiger partial charge in [0, 0.05) is 23.2 Å². The standard InChI is InChI=1S/C16H22N4OS/c1-10-12(11(2)20-19-10)7-9-18-16(21)15-6-5-14(22-15)13-4-3-8-17-13/h5-6,13,17H,3-4,7-9H2,1-2H3,(H,18,21)(H,19,20)/t13-/m0/s1. The molecule has 0 aliphatic carbocycles. The molecule has 0 saturated carbocycles. The molecule has 6 heteroatoms. The number of H-pyrrole nitrogens is 1. The first kappa shape index (κ1) is 15.2. The highest BCUT2D eigenvalue weighted by molar-refractivity contribution is 7.14. The molecular formula is C16H22N4OS. The Kier molecular flexibility index (Phi) is 4.59. The van der Waals surface area contributed by atoms with Gasteiger partial charge in [-0.25, -0.2) is 0 Å². The number of carbonyl (C=O) groups excluding carboxylic acids is 1. The van der Waals surface area contributed by atoms with Gasteiger partial charge >= 0.3 is 0 Å². The normalized spacial score (nSPS) is 17.8. The second kappa shape index (κ2) is 6.62. The maximum Gasteiger partial charge on any atom is 0.261 e. The summed E-state index contributed by atoms with van der Waals surface area (Å²) in [6, 6.07) is 4.44. The predicted octanol–water partition coefficient (Wildman–Crippen LogP) is 2.49. The average molecular weight is 318 g/mol. The summed E-state index contributed by atoms with van der Waals surface area (Å²) in [6.45, 7) is 5.71. The number of amides is 1. The van der Waals surface area contributed by atoms with E-state index in [1.54, 1.807) is 11.3 Å². The Balaban J connectivity index is 1.54. The maximum absolute atomic E-state index is 12.2. The lowest BCUT2D eigenvalue weighted by atomic mass is 10.1. The van der Waals surface area contributed by atoms with Crippen molar-refractivity contribution in [3.8, 4) is 0 Å². The number of aryl methyl sites for hydroxylation is 2. The van der Waals surface area contributed by atoms with Crippen LogP contribution < -0.4 is 10.6 Å². The third-order valence-corrected chi connectivity index (χ3v) is 5.39. The molecule has 22 heavy (non-hydrogen) atoms. The molecule has 0 aromatic carbocycles. The molecule has 3 rings (SSSR count). The van der Waals surface area contributed by atoms with E-state index in [1.165, 1.54) is 23.3 Å². The zero-order valence-corrected chi connectivity index (χ0v) is 13.8. The van der Waals surface area contributed by atoms with E-state index in [4.69, 9.17) is 0 Å². The van der Waals surface area contributed by atoms with E-state index in [-0.39, 0.29) is 5.91 Å². The minimum atomic E-state index is 0.0213. The lowest BCUT2D eigenvalue weighted by Crippen LogP contribution is -2.25. The fraction of sp³-hybridized carbons (Fsp3) is 0.500. The third kappa shape index (κ3) is 3.23. The number of nitrogens with one attached hydrogen (secondary N) is 3. The van der Waals surface area contributed by atoms with Gasteiger partial charge in [0.1, 0.15) is 0 Å². The minimum absolute atomic E-state index is 0.0213. The van der Waals surface area contributed by atoms with Gasteiger partial charge < -0.3 is 10.6 Å². The molecule has 2 aromatic rings. The first-order valence-electron chi connectivity index (χ1n) is 7.77. The van der Waals surface area contributed by atoms with Crippen LogP contribution >= 0.6 is 11.3 Å². The Hall–Kier alpha value is -1.66. The van der Waals surface area contributed by atoms with Crippen LogP contribution in [0.4, 0.5) is 0 Å². The van der Waals surface area contributed by atoms with E-state index in [1.807, 2.05) is 19.9 Å². The number of rotatable bonds is 5. The molecule has 1 fully saturated rings. The Morgan fingerprint density at radius 2 is 2.32 bits per heavy atom. The number of hydrogen-bond donors (Lipinski definition) is 3. The lowest BCUT2D eigenvalue weighted by molar-refractivity contribution is 0.0958. The quantitative estimate of drug-likeness (QED) is 0.793. The zero-order valence-electron chi connectivity index (χ0n) is 13.0. The van der Waals surface area contributed by atoms with E-state index in [0.29, 0.717) is 12.6 Å². The molecule has 0 unspecified atom stereocenters. The summed E-state index contributed by atoms with van der Waals surface area (Å²) < 4.78 is 0. The molecule has 118 valence electrons. The van der Waals surface area contributed by atoms with Crippen molar-refractivity contribution in [3.05, 3.63) is 38.8 Å². The van der Waals surface area contributed by atoms with Gasteiger partial charge in [0.2, 0.25) is 0 Å². The molecule has 2 aromatic heterocycles. The molecular weight excluding hydrogens is 296 g/mol. The van der Waals surface area contributed by atoms with Crippen molar-refractivity contribution in [2.75, 3.05) is 13.1 Å². The van der Waals surface area contributed by atoms with Crippen LogP contribution in [-0.4, -0.2) is 29.2 Å². The molecule has 1 aliphatic heterocycles. The second-order valence-electron chi connectivity index (χ2n) is 5.77. The van der Waals surface area contributed by atoms with E-state index in [0.717, 1.165) is 29.2 Å². The van der Waals surface area contributed by atoms with Gasteiger partial charge in [-0.1, -0.05) is 0 Å². The van der Waals surface area contributed by atoms with E-state index in [9.17, 15) is 4.79 Å². The fourth-order valence-electron chi connectivity index (χ4n) is 2.92. The van der Waals surface area contributed by atoms with Crippen LogP contribution in [0.5, 0.6) is 0 Å². The molecule has 5 nitrogen and oxygen atoms in total. The molecule has 0 bridgehead atoms. The summed E-state index contributed by atoms with van der Waals surface area (Å²) in [5, 5.41) is 13.6. The van der Waals surface area contributed by atoms with Gasteiger partial charge in [0.25, 0.3) is 5.91 Å². The summed E-state index contributed by atoms with van der Waals surface area (Å²) in [5.41, 5.74) is 3.29. The molecule has 1 aliphatic rings. The average Bonchev–Trinajstić information content (AvgIpc) is 3.22. The Morgan fingerprint density at radius 3 is 3.00 bits per heavy atom. The van der Waals surface area contributed by atoms with E-state index in [2.05, 4.69) is 26.9 Å². The maximum atomic E-state index is 12.2. The first-order chi connectivity index (χ1) is 10.6. The Morgan fingerprint density at radius 1 is 1.45 bits per heavy atom. The highest BCUT2D eigenvalue weighted by Gasteiger charge is 2.19. The van der Waals surface area contributed by atoms with Crippen molar-refractivity contribution >= 4 is 17.2 Å². The van der Waals surface area contributed by atoms with Gasteiger partial charge in [0.05, 0.1) is 10.6 Å². The number of thiophene rings is 1. The number of carbonyl (C=O) groups is 1. The largest absolute Gasteiger partial charge is 0.351 e. The SMILES string of the molecule is Cc1n[nH]c(C)c1CCNC(=O)c1ccc([C@@H]2CCCN2)s1. The van der Waals surface area contributed by atoms with Gasteiger partial charge in [0.15, 0.2) is 0 Å². The minimum Gasteiger partial charge on any atom is -0.351 e. The number of aromatic amines is 1. The predicted molar refractivity (Wildman–Crippen MR) is 88.4 cm³/mol. The van der Waals surface area contributed by atoms with Gasteiger partial charge in [-0.2, -0.15) is 5.10 Å². The summed E-state index contributed by atoms with van der Waals surface area (Å²) in [5.74, 6) is 0.0213. The smallest absolute Gasteiger partial charge is 0.261 e. The topological polar surface area (TPSA) is 69.8 Å². The summed E-state index contributed by atoms with van der Waals surface area (Å²) >= 11 is 1.60. The Bertz CT molecular complexity index is 635. The highest BCUT2D eigenvalue weighted by Crippen LogP contribution is 2.29. The van der Waals surface area contributed by atoms with Gasteiger partial charge in [-0.3, -0.25) is 9.89 Å². The molecule has 3 heterocycles. The van der Waals surface area contributed by atoms with Crippen LogP contribution in [0.25, 0.3) is 0 Å². The monoisotopic (exact) mass is 318 g/mol. The molecule has 1 saturated heterocycles. The van der Waals surface area contributed by atoms with Gasteiger partial charge in [-0.15, -0.1) is 11.3 Å². The van der Waals surface area contributed by atoms with Crippen LogP contribution in [0.1, 0.15) is 50.4 Å². The highest BCUT2D eigenvalue weighted by atomic mass is 32.1. The van der Waals surface area contributed by atoms with E-state index < -0.39 is 0 Å². The van der Waals surface area contributed by atoms with Crippen molar-refractivity contribution < 1.29 is 4.79 Å². The number of nitrogens with zero attached hydrogens (tertiary/aromatic N) is 1. The van der Waals surface area contributed by atoms with E-state index >= 15 is 0 Å². The van der Waals surface area contributed by atoms with Crippen molar-refractivity contribution in [1.82, 2.24) is 20.8 Å². The van der Waals surface area contributed by atoms with Crippen LogP contribution in [0.15, 0.2) is 12.1 Å². The fourth-order valence-corrected chi connectivity index (χ4v) is 3.95. The molecule has 3 N–H and O–H groups in total. The molecule has 0 radical (unpaired) electrons. The summed E-state index contributed by atoms with van der Waals surface area (Å²) in [7, 11) is 0. The zero-order chi connectivity index (χ0) is 15.5. The van der Waals surface area contributed by atoms with Crippen LogP contribution in [0, 0.1) is 13.8 Å². The van der Waals surface area contributed by atoms with Crippen LogP contribution in [0.2, 0.25) is 0 Å².